The van der Waals surface area contributed by atoms with Gasteiger partial charge in [-0.1, -0.05) is 43.1 Å². The summed E-state index contributed by atoms with van der Waals surface area (Å²) in [6, 6.07) is 2.17. The van der Waals surface area contributed by atoms with Crippen LogP contribution in [0.3, 0.4) is 0 Å². The van der Waals surface area contributed by atoms with Crippen molar-refractivity contribution in [1.82, 2.24) is 0 Å². The lowest BCUT2D eigenvalue weighted by Crippen LogP contribution is -1.86. The van der Waals surface area contributed by atoms with Gasteiger partial charge in [0.15, 0.2) is 0 Å². The Bertz CT molecular complexity index is 447. The van der Waals surface area contributed by atoms with Crippen LogP contribution in [0.1, 0.15) is 49.5 Å². The summed E-state index contributed by atoms with van der Waals surface area (Å²) in [4.78, 5) is 3.88. The van der Waals surface area contributed by atoms with E-state index in [0.29, 0.717) is 13.0 Å². The highest BCUT2D eigenvalue weighted by Gasteiger charge is 2.00. The van der Waals surface area contributed by atoms with E-state index in [2.05, 4.69) is 40.2 Å². The number of unbranched alkanes of at least 4 members (excludes halogenated alkanes) is 3. The molecule has 0 fully saturated rings. The number of aryl methyl sites for hydroxylation is 1. The average molecular weight is 261 g/mol. The van der Waals surface area contributed by atoms with E-state index in [9.17, 15) is 0 Å². The number of azide groups is 1. The van der Waals surface area contributed by atoms with E-state index in [0.717, 1.165) is 6.42 Å². The normalized spacial score (nSPS) is 9.39. The van der Waals surface area contributed by atoms with Crippen LogP contribution in [0.2, 0.25) is 0 Å². The highest BCUT2D eigenvalue weighted by atomic mass is 32.1. The minimum atomic E-state index is 0.459. The second-order valence-corrected chi connectivity index (χ2v) is 5.01. The van der Waals surface area contributed by atoms with Gasteiger partial charge < -0.3 is 0 Å². The Morgan fingerprint density at radius 3 is 3.06 bits per heavy atom. The minimum Gasteiger partial charge on any atom is -0.135 e. The molecule has 0 bridgehead atoms. The Morgan fingerprint density at radius 1 is 1.39 bits per heavy atom. The third-order valence-corrected chi connectivity index (χ3v) is 3.52. The number of rotatable bonds is 7. The first-order valence-corrected chi connectivity index (χ1v) is 7.32. The van der Waals surface area contributed by atoms with Crippen molar-refractivity contribution < 1.29 is 0 Å². The molecule has 0 aliphatic rings. The zero-order chi connectivity index (χ0) is 13.1. The molecule has 0 saturated carbocycles. The van der Waals surface area contributed by atoms with Gasteiger partial charge >= 0.3 is 0 Å². The van der Waals surface area contributed by atoms with Crippen LogP contribution in [0.5, 0.6) is 0 Å². The predicted octanol–water partition coefficient (Wildman–Crippen LogP) is 4.92. The molecule has 1 aromatic rings. The van der Waals surface area contributed by atoms with Crippen molar-refractivity contribution in [2.24, 2.45) is 5.11 Å². The summed E-state index contributed by atoms with van der Waals surface area (Å²) in [6.45, 7) is 2.69. The lowest BCUT2D eigenvalue weighted by Gasteiger charge is -1.98. The summed E-state index contributed by atoms with van der Waals surface area (Å²) in [5.74, 6) is 6.24. The molecule has 1 aromatic heterocycles. The number of hydrogen-bond acceptors (Lipinski definition) is 2. The van der Waals surface area contributed by atoms with Gasteiger partial charge in [0, 0.05) is 17.9 Å². The molecule has 0 aliphatic heterocycles. The molecule has 0 aliphatic carbocycles. The molecule has 0 aromatic carbocycles. The molecule has 0 N–H and O–H groups in total. The third-order valence-electron chi connectivity index (χ3n) is 2.65. The summed E-state index contributed by atoms with van der Waals surface area (Å²) in [5, 5.41) is 5.57. The zero-order valence-electron chi connectivity index (χ0n) is 10.9. The van der Waals surface area contributed by atoms with Crippen molar-refractivity contribution in [2.75, 3.05) is 6.54 Å². The van der Waals surface area contributed by atoms with Crippen LogP contribution >= 0.6 is 11.3 Å². The highest BCUT2D eigenvalue weighted by molar-refractivity contribution is 7.10. The largest absolute Gasteiger partial charge is 0.135 e. The topological polar surface area (TPSA) is 48.8 Å². The summed E-state index contributed by atoms with van der Waals surface area (Å²) < 4.78 is 0. The fourth-order valence-electron chi connectivity index (χ4n) is 1.68. The van der Waals surface area contributed by atoms with Crippen molar-refractivity contribution in [1.29, 1.82) is 0 Å². The van der Waals surface area contributed by atoms with Crippen LogP contribution in [-0.4, -0.2) is 6.54 Å². The molecule has 0 unspecified atom stereocenters. The third kappa shape index (κ3) is 5.77. The standard InChI is InChI=1S/C14H19N3S/c1-2-3-4-5-8-13-10-12-18-14(13)9-6-7-11-16-17-15/h10,12H,2-5,7-8,11H2,1H3. The molecule has 1 rings (SSSR count). The maximum atomic E-state index is 8.15. The van der Waals surface area contributed by atoms with E-state index in [4.69, 9.17) is 5.53 Å². The smallest absolute Gasteiger partial charge is 0.0800 e. The van der Waals surface area contributed by atoms with Crippen molar-refractivity contribution >= 4 is 11.3 Å². The van der Waals surface area contributed by atoms with Gasteiger partial charge in [-0.2, -0.15) is 0 Å². The molecule has 3 nitrogen and oxygen atoms in total. The van der Waals surface area contributed by atoms with Crippen LogP contribution in [-0.2, 0) is 6.42 Å². The van der Waals surface area contributed by atoms with Crippen LogP contribution in [0.25, 0.3) is 10.4 Å². The van der Waals surface area contributed by atoms with Crippen molar-refractivity contribution in [2.45, 2.75) is 45.4 Å². The molecular weight excluding hydrogens is 242 g/mol. The van der Waals surface area contributed by atoms with E-state index in [-0.39, 0.29) is 0 Å². The molecule has 18 heavy (non-hydrogen) atoms. The van der Waals surface area contributed by atoms with E-state index in [1.54, 1.807) is 11.3 Å². The van der Waals surface area contributed by atoms with Gasteiger partial charge in [-0.25, -0.2) is 0 Å². The summed E-state index contributed by atoms with van der Waals surface area (Å²) >= 11 is 1.70. The van der Waals surface area contributed by atoms with Crippen LogP contribution in [0.15, 0.2) is 16.6 Å². The lowest BCUT2D eigenvalue weighted by atomic mass is 10.1. The molecule has 0 spiro atoms. The SMILES string of the molecule is CCCCCCc1ccsc1C#CCCN=[N+]=[N-]. The van der Waals surface area contributed by atoms with Gasteiger partial charge in [0.05, 0.1) is 4.88 Å². The van der Waals surface area contributed by atoms with E-state index < -0.39 is 0 Å². The quantitative estimate of drug-likeness (QED) is 0.220. The van der Waals surface area contributed by atoms with E-state index in [1.807, 2.05) is 0 Å². The van der Waals surface area contributed by atoms with Crippen LogP contribution in [0.4, 0.5) is 0 Å². The maximum Gasteiger partial charge on any atom is 0.0800 e. The van der Waals surface area contributed by atoms with Gasteiger partial charge in [-0.05, 0) is 35.4 Å². The molecule has 0 radical (unpaired) electrons. The Kier molecular flexibility index (Phi) is 7.79. The molecule has 1 heterocycles. The zero-order valence-corrected chi connectivity index (χ0v) is 11.7. The summed E-state index contributed by atoms with van der Waals surface area (Å²) in [5.41, 5.74) is 9.51. The van der Waals surface area contributed by atoms with Gasteiger partial charge in [-0.3, -0.25) is 0 Å². The average Bonchev–Trinajstić information content (AvgIpc) is 2.82. The monoisotopic (exact) mass is 261 g/mol. The van der Waals surface area contributed by atoms with Crippen molar-refractivity contribution in [3.63, 3.8) is 0 Å². The Morgan fingerprint density at radius 2 is 2.28 bits per heavy atom. The second-order valence-electron chi connectivity index (χ2n) is 4.09. The van der Waals surface area contributed by atoms with Crippen molar-refractivity contribution in [3.8, 4) is 11.8 Å². The van der Waals surface area contributed by atoms with Crippen molar-refractivity contribution in [3.05, 3.63) is 32.3 Å². The van der Waals surface area contributed by atoms with Gasteiger partial charge in [0.1, 0.15) is 0 Å². The maximum absolute atomic E-state index is 8.15. The fraction of sp³-hybridized carbons (Fsp3) is 0.571. The molecule has 0 atom stereocenters. The Hall–Kier alpha value is -1.43. The van der Waals surface area contributed by atoms with Gasteiger partial charge in [0.2, 0.25) is 0 Å². The molecule has 4 heteroatoms. The highest BCUT2D eigenvalue weighted by Crippen LogP contribution is 2.18. The molecule has 0 saturated heterocycles. The van der Waals surface area contributed by atoms with Gasteiger partial charge in [-0.15, -0.1) is 11.3 Å². The van der Waals surface area contributed by atoms with Crippen LogP contribution in [0, 0.1) is 11.8 Å². The second kappa shape index (κ2) is 9.58. The first-order chi connectivity index (χ1) is 8.88. The molecule has 96 valence electrons. The summed E-state index contributed by atoms with van der Waals surface area (Å²) in [7, 11) is 0. The van der Waals surface area contributed by atoms with Gasteiger partial charge in [0.25, 0.3) is 0 Å². The predicted molar refractivity (Wildman–Crippen MR) is 77.7 cm³/mol. The summed E-state index contributed by atoms with van der Waals surface area (Å²) in [6.07, 6.45) is 6.90. The number of thiophene rings is 1. The molecular formula is C14H19N3S. The Balaban J connectivity index is 2.41. The first kappa shape index (κ1) is 14.6. The van der Waals surface area contributed by atoms with Crippen LogP contribution < -0.4 is 0 Å². The molecule has 0 amide bonds. The Labute approximate surface area is 113 Å². The fourth-order valence-corrected chi connectivity index (χ4v) is 2.50. The van der Waals surface area contributed by atoms with E-state index >= 15 is 0 Å². The lowest BCUT2D eigenvalue weighted by molar-refractivity contribution is 0.667. The number of hydrogen-bond donors (Lipinski definition) is 0. The first-order valence-electron chi connectivity index (χ1n) is 6.44. The number of nitrogens with zero attached hydrogens (tertiary/aromatic N) is 3. The minimum absolute atomic E-state index is 0.459. The van der Waals surface area contributed by atoms with E-state index in [1.165, 1.54) is 36.1 Å².